The van der Waals surface area contributed by atoms with Gasteiger partial charge in [0.1, 0.15) is 22.2 Å². The number of esters is 1. The molecule has 0 aliphatic carbocycles. The van der Waals surface area contributed by atoms with Crippen molar-refractivity contribution in [2.75, 3.05) is 5.75 Å². The standard InChI is InChI=1S/C14H18N2O3S/c1-14(2,3)19-12(17)9-20(18)13-15-10-7-5-6-8-11(10)16(13)4/h5-8H,9H2,1-4H3. The van der Waals surface area contributed by atoms with Crippen LogP contribution in [-0.2, 0) is 27.4 Å². The summed E-state index contributed by atoms with van der Waals surface area (Å²) in [7, 11) is 0.274. The fourth-order valence-electron chi connectivity index (χ4n) is 1.87. The Kier molecular flexibility index (Phi) is 3.94. The molecule has 2 rings (SSSR count). The van der Waals surface area contributed by atoms with Gasteiger partial charge in [0.05, 0.1) is 11.0 Å². The first kappa shape index (κ1) is 14.7. The number of fused-ring (bicyclic) bond motifs is 1. The van der Waals surface area contributed by atoms with Crippen molar-refractivity contribution in [3.63, 3.8) is 0 Å². The van der Waals surface area contributed by atoms with Gasteiger partial charge >= 0.3 is 5.97 Å². The van der Waals surface area contributed by atoms with Gasteiger partial charge in [-0.25, -0.2) is 4.98 Å². The Morgan fingerprint density at radius 1 is 1.35 bits per heavy atom. The molecule has 1 unspecified atom stereocenters. The molecule has 6 heteroatoms. The lowest BCUT2D eigenvalue weighted by Crippen LogP contribution is -2.27. The molecular formula is C14H18N2O3S. The first-order valence-electron chi connectivity index (χ1n) is 6.29. The number of carbonyl (C=O) groups is 1. The molecule has 5 nitrogen and oxygen atoms in total. The first-order valence-corrected chi connectivity index (χ1v) is 7.61. The number of aromatic nitrogens is 2. The van der Waals surface area contributed by atoms with Gasteiger partial charge in [0.2, 0.25) is 0 Å². The minimum Gasteiger partial charge on any atom is -0.459 e. The maximum absolute atomic E-state index is 12.3. The molecule has 1 aromatic carbocycles. The molecule has 0 saturated heterocycles. The Bertz CT molecular complexity index is 671. The van der Waals surface area contributed by atoms with Gasteiger partial charge < -0.3 is 9.30 Å². The molecule has 1 heterocycles. The van der Waals surface area contributed by atoms with Crippen molar-refractivity contribution in [3.8, 4) is 0 Å². The number of carbonyl (C=O) groups excluding carboxylic acids is 1. The number of aryl methyl sites for hydroxylation is 1. The van der Waals surface area contributed by atoms with Crippen molar-refractivity contribution >= 4 is 27.8 Å². The van der Waals surface area contributed by atoms with E-state index in [9.17, 15) is 9.00 Å². The van der Waals surface area contributed by atoms with Crippen LogP contribution in [0.1, 0.15) is 20.8 Å². The Morgan fingerprint density at radius 2 is 2.00 bits per heavy atom. The highest BCUT2D eigenvalue weighted by atomic mass is 32.2. The summed E-state index contributed by atoms with van der Waals surface area (Å²) >= 11 is 0. The number of para-hydroxylation sites is 2. The van der Waals surface area contributed by atoms with Crippen LogP contribution in [0.4, 0.5) is 0 Å². The number of nitrogens with zero attached hydrogens (tertiary/aromatic N) is 2. The highest BCUT2D eigenvalue weighted by Gasteiger charge is 2.21. The second-order valence-electron chi connectivity index (χ2n) is 5.52. The Balaban J connectivity index is 2.20. The number of ether oxygens (including phenoxy) is 1. The van der Waals surface area contributed by atoms with Crippen molar-refractivity contribution in [3.05, 3.63) is 24.3 Å². The van der Waals surface area contributed by atoms with E-state index in [1.807, 2.05) is 24.3 Å². The monoisotopic (exact) mass is 294 g/mol. The van der Waals surface area contributed by atoms with Gasteiger partial charge in [-0.15, -0.1) is 0 Å². The van der Waals surface area contributed by atoms with E-state index in [1.54, 1.807) is 32.4 Å². The summed E-state index contributed by atoms with van der Waals surface area (Å²) in [6.07, 6.45) is 0. The average molecular weight is 294 g/mol. The molecule has 0 aliphatic rings. The van der Waals surface area contributed by atoms with Gasteiger partial charge in [-0.1, -0.05) is 12.1 Å². The predicted octanol–water partition coefficient (Wildman–Crippen LogP) is 2.02. The summed E-state index contributed by atoms with van der Waals surface area (Å²) in [6.45, 7) is 5.34. The molecule has 0 bridgehead atoms. The molecule has 108 valence electrons. The third-order valence-electron chi connectivity index (χ3n) is 2.62. The Hall–Kier alpha value is -1.69. The normalized spacial score (nSPS) is 13.4. The number of rotatable bonds is 3. The zero-order valence-electron chi connectivity index (χ0n) is 12.0. The molecule has 0 aliphatic heterocycles. The molecule has 0 saturated carbocycles. The third kappa shape index (κ3) is 3.25. The van der Waals surface area contributed by atoms with E-state index in [-0.39, 0.29) is 5.75 Å². The van der Waals surface area contributed by atoms with Crippen LogP contribution in [0.2, 0.25) is 0 Å². The van der Waals surface area contributed by atoms with E-state index in [2.05, 4.69) is 4.98 Å². The van der Waals surface area contributed by atoms with Crippen LogP contribution in [0.5, 0.6) is 0 Å². The maximum atomic E-state index is 12.3. The lowest BCUT2D eigenvalue weighted by molar-refractivity contribution is -0.151. The van der Waals surface area contributed by atoms with Gasteiger partial charge in [0, 0.05) is 7.05 Å². The van der Waals surface area contributed by atoms with Crippen LogP contribution < -0.4 is 0 Å². The highest BCUT2D eigenvalue weighted by molar-refractivity contribution is 7.85. The topological polar surface area (TPSA) is 61.2 Å². The third-order valence-corrected chi connectivity index (χ3v) is 3.89. The van der Waals surface area contributed by atoms with Crippen LogP contribution in [-0.4, -0.2) is 31.1 Å². The molecule has 1 atom stereocenters. The van der Waals surface area contributed by atoms with Gasteiger partial charge in [0.15, 0.2) is 5.16 Å². The van der Waals surface area contributed by atoms with Crippen molar-refractivity contribution < 1.29 is 13.7 Å². The summed E-state index contributed by atoms with van der Waals surface area (Å²) in [5.74, 6) is -0.670. The average Bonchev–Trinajstić information content (AvgIpc) is 2.65. The summed E-state index contributed by atoms with van der Waals surface area (Å²) in [4.78, 5) is 16.0. The smallest absolute Gasteiger partial charge is 0.319 e. The predicted molar refractivity (Wildman–Crippen MR) is 77.8 cm³/mol. The minimum atomic E-state index is -1.52. The van der Waals surface area contributed by atoms with E-state index >= 15 is 0 Å². The zero-order valence-corrected chi connectivity index (χ0v) is 12.9. The quantitative estimate of drug-likeness (QED) is 0.813. The molecule has 0 fully saturated rings. The molecule has 1 aromatic heterocycles. The molecule has 0 N–H and O–H groups in total. The number of hydrogen-bond acceptors (Lipinski definition) is 4. The van der Waals surface area contributed by atoms with Crippen molar-refractivity contribution in [2.45, 2.75) is 31.5 Å². The maximum Gasteiger partial charge on any atom is 0.319 e. The van der Waals surface area contributed by atoms with Gasteiger partial charge in [-0.05, 0) is 32.9 Å². The zero-order chi connectivity index (χ0) is 14.9. The van der Waals surface area contributed by atoms with Crippen LogP contribution in [0.3, 0.4) is 0 Å². The summed E-state index contributed by atoms with van der Waals surface area (Å²) < 4.78 is 19.2. The van der Waals surface area contributed by atoms with Crippen molar-refractivity contribution in [1.29, 1.82) is 0 Å². The molecule has 0 amide bonds. The number of hydrogen-bond donors (Lipinski definition) is 0. The van der Waals surface area contributed by atoms with Gasteiger partial charge in [-0.2, -0.15) is 0 Å². The van der Waals surface area contributed by atoms with Gasteiger partial charge in [-0.3, -0.25) is 9.00 Å². The molecule has 0 radical (unpaired) electrons. The van der Waals surface area contributed by atoms with Gasteiger partial charge in [0.25, 0.3) is 0 Å². The van der Waals surface area contributed by atoms with Crippen LogP contribution in [0, 0.1) is 0 Å². The summed E-state index contributed by atoms with van der Waals surface area (Å²) in [5.41, 5.74) is 1.08. The minimum absolute atomic E-state index is 0.186. The van der Waals surface area contributed by atoms with Crippen LogP contribution in [0.25, 0.3) is 11.0 Å². The highest BCUT2D eigenvalue weighted by Crippen LogP contribution is 2.17. The van der Waals surface area contributed by atoms with E-state index in [0.717, 1.165) is 11.0 Å². The number of benzene rings is 1. The molecule has 2 aromatic rings. The molecular weight excluding hydrogens is 276 g/mol. The summed E-state index contributed by atoms with van der Waals surface area (Å²) in [5, 5.41) is 0.386. The molecule has 20 heavy (non-hydrogen) atoms. The van der Waals surface area contributed by atoms with Crippen molar-refractivity contribution in [2.24, 2.45) is 7.05 Å². The second-order valence-corrected chi connectivity index (χ2v) is 6.86. The second kappa shape index (κ2) is 5.36. The molecule has 0 spiro atoms. The van der Waals surface area contributed by atoms with Crippen LogP contribution in [0.15, 0.2) is 29.4 Å². The lowest BCUT2D eigenvalue weighted by atomic mass is 10.2. The Morgan fingerprint density at radius 3 is 2.60 bits per heavy atom. The largest absolute Gasteiger partial charge is 0.459 e. The summed E-state index contributed by atoms with van der Waals surface area (Å²) in [6, 6.07) is 7.51. The van der Waals surface area contributed by atoms with E-state index in [1.165, 1.54) is 0 Å². The SMILES string of the molecule is Cn1c(S(=O)CC(=O)OC(C)(C)C)nc2ccccc21. The van der Waals surface area contributed by atoms with E-state index in [4.69, 9.17) is 4.74 Å². The first-order chi connectivity index (χ1) is 9.28. The fourth-order valence-corrected chi connectivity index (χ4v) is 2.88. The lowest BCUT2D eigenvalue weighted by Gasteiger charge is -2.19. The fraction of sp³-hybridized carbons (Fsp3) is 0.429. The van der Waals surface area contributed by atoms with E-state index < -0.39 is 22.4 Å². The Labute approximate surface area is 120 Å². The van der Waals surface area contributed by atoms with Crippen molar-refractivity contribution in [1.82, 2.24) is 9.55 Å². The van der Waals surface area contributed by atoms with Crippen LogP contribution >= 0.6 is 0 Å². The number of imidazole rings is 1. The van der Waals surface area contributed by atoms with E-state index in [0.29, 0.717) is 5.16 Å².